The van der Waals surface area contributed by atoms with E-state index in [2.05, 4.69) is 17.1 Å². The quantitative estimate of drug-likeness (QED) is 0.859. The van der Waals surface area contributed by atoms with E-state index in [9.17, 15) is 9.18 Å². The third-order valence-corrected chi connectivity index (χ3v) is 5.42. The number of halogens is 1. The molecule has 1 aromatic heterocycles. The predicted octanol–water partition coefficient (Wildman–Crippen LogP) is 3.18. The summed E-state index contributed by atoms with van der Waals surface area (Å²) in [4.78, 5) is 17.2. The maximum absolute atomic E-state index is 13.4. The third kappa shape index (κ3) is 3.06. The first-order chi connectivity index (χ1) is 12.1. The largest absolute Gasteiger partial charge is 0.350 e. The predicted molar refractivity (Wildman–Crippen MR) is 91.6 cm³/mol. The molecule has 132 valence electrons. The van der Waals surface area contributed by atoms with Gasteiger partial charge in [0, 0.05) is 30.3 Å². The molecule has 2 fully saturated rings. The zero-order valence-electron chi connectivity index (χ0n) is 14.3. The van der Waals surface area contributed by atoms with E-state index in [4.69, 9.17) is 4.52 Å². The summed E-state index contributed by atoms with van der Waals surface area (Å²) in [5.74, 6) is -0.220. The summed E-state index contributed by atoms with van der Waals surface area (Å²) in [6.07, 6.45) is 4.37. The molecule has 2 aliphatic heterocycles. The second-order valence-corrected chi connectivity index (χ2v) is 6.99. The molecule has 0 aliphatic carbocycles. The summed E-state index contributed by atoms with van der Waals surface area (Å²) in [7, 11) is 2.13. The fraction of sp³-hybridized carbons (Fsp3) is 0.474. The first-order valence-corrected chi connectivity index (χ1v) is 8.87. The molecule has 4 rings (SSSR count). The van der Waals surface area contributed by atoms with Gasteiger partial charge in [0.05, 0.1) is 0 Å². The average Bonchev–Trinajstić information content (AvgIpc) is 3.34. The SMILES string of the molecule is CN1CCC[C@H]1[C@H]1CCCN1C(=O)c1cc(-c2cccc(F)c2)no1. The Kier molecular flexibility index (Phi) is 4.29. The maximum Gasteiger partial charge on any atom is 0.292 e. The summed E-state index contributed by atoms with van der Waals surface area (Å²) < 4.78 is 18.7. The van der Waals surface area contributed by atoms with Crippen LogP contribution in [0.1, 0.15) is 36.2 Å². The molecule has 2 aromatic rings. The monoisotopic (exact) mass is 343 g/mol. The molecular formula is C19H22FN3O2. The Labute approximate surface area is 146 Å². The van der Waals surface area contributed by atoms with Crippen molar-refractivity contribution < 1.29 is 13.7 Å². The van der Waals surface area contributed by atoms with Gasteiger partial charge in [-0.2, -0.15) is 0 Å². The first-order valence-electron chi connectivity index (χ1n) is 8.87. The Morgan fingerprint density at radius 3 is 2.76 bits per heavy atom. The molecule has 1 aromatic carbocycles. The zero-order valence-corrected chi connectivity index (χ0v) is 14.3. The van der Waals surface area contributed by atoms with E-state index in [-0.39, 0.29) is 23.5 Å². The lowest BCUT2D eigenvalue weighted by Crippen LogP contribution is -2.47. The molecule has 0 spiro atoms. The van der Waals surface area contributed by atoms with E-state index >= 15 is 0 Å². The molecule has 3 heterocycles. The number of carbonyl (C=O) groups is 1. The molecule has 0 bridgehead atoms. The molecular weight excluding hydrogens is 321 g/mol. The molecule has 6 heteroatoms. The summed E-state index contributed by atoms with van der Waals surface area (Å²) >= 11 is 0. The number of amides is 1. The molecule has 2 aliphatic rings. The van der Waals surface area contributed by atoms with Crippen LogP contribution in [0.15, 0.2) is 34.9 Å². The van der Waals surface area contributed by atoms with Gasteiger partial charge in [0.1, 0.15) is 11.5 Å². The summed E-state index contributed by atoms with van der Waals surface area (Å²) in [5.41, 5.74) is 1.09. The Morgan fingerprint density at radius 1 is 1.20 bits per heavy atom. The fourth-order valence-corrected chi connectivity index (χ4v) is 4.17. The van der Waals surface area contributed by atoms with Crippen molar-refractivity contribution in [3.8, 4) is 11.3 Å². The number of hydrogen-bond acceptors (Lipinski definition) is 4. The van der Waals surface area contributed by atoms with Gasteiger partial charge in [-0.1, -0.05) is 17.3 Å². The van der Waals surface area contributed by atoms with Crippen molar-refractivity contribution in [3.63, 3.8) is 0 Å². The van der Waals surface area contributed by atoms with Crippen LogP contribution < -0.4 is 0 Å². The lowest BCUT2D eigenvalue weighted by molar-refractivity contribution is 0.0623. The van der Waals surface area contributed by atoms with Crippen molar-refractivity contribution in [3.05, 3.63) is 41.9 Å². The number of rotatable bonds is 3. The number of likely N-dealkylation sites (tertiary alicyclic amines) is 2. The number of nitrogens with zero attached hydrogens (tertiary/aromatic N) is 3. The normalized spacial score (nSPS) is 24.2. The van der Waals surface area contributed by atoms with Gasteiger partial charge in [0.15, 0.2) is 0 Å². The smallest absolute Gasteiger partial charge is 0.292 e. The van der Waals surface area contributed by atoms with E-state index < -0.39 is 0 Å². The third-order valence-electron chi connectivity index (χ3n) is 5.42. The fourth-order valence-electron chi connectivity index (χ4n) is 4.17. The van der Waals surface area contributed by atoms with Gasteiger partial charge in [0.2, 0.25) is 5.76 Å². The van der Waals surface area contributed by atoms with Crippen molar-refractivity contribution in [2.24, 2.45) is 0 Å². The van der Waals surface area contributed by atoms with Gasteiger partial charge in [-0.15, -0.1) is 0 Å². The second-order valence-electron chi connectivity index (χ2n) is 6.99. The van der Waals surface area contributed by atoms with Gasteiger partial charge in [-0.3, -0.25) is 4.79 Å². The van der Waals surface area contributed by atoms with E-state index in [1.54, 1.807) is 18.2 Å². The van der Waals surface area contributed by atoms with Gasteiger partial charge in [-0.25, -0.2) is 4.39 Å². The van der Waals surface area contributed by atoms with Crippen molar-refractivity contribution in [1.29, 1.82) is 0 Å². The Bertz CT molecular complexity index is 776. The highest BCUT2D eigenvalue weighted by Crippen LogP contribution is 2.30. The highest BCUT2D eigenvalue weighted by Gasteiger charge is 2.39. The lowest BCUT2D eigenvalue weighted by Gasteiger charge is -2.32. The maximum atomic E-state index is 13.4. The average molecular weight is 343 g/mol. The van der Waals surface area contributed by atoms with Crippen molar-refractivity contribution in [1.82, 2.24) is 15.0 Å². The molecule has 25 heavy (non-hydrogen) atoms. The van der Waals surface area contributed by atoms with E-state index in [0.717, 1.165) is 32.4 Å². The van der Waals surface area contributed by atoms with Crippen molar-refractivity contribution >= 4 is 5.91 Å². The van der Waals surface area contributed by atoms with Crippen LogP contribution in [0.25, 0.3) is 11.3 Å². The number of aromatic nitrogens is 1. The van der Waals surface area contributed by atoms with E-state index in [0.29, 0.717) is 17.3 Å². The second kappa shape index (κ2) is 6.59. The summed E-state index contributed by atoms with van der Waals surface area (Å²) in [6, 6.07) is 8.42. The van der Waals surface area contributed by atoms with Crippen LogP contribution in [-0.2, 0) is 0 Å². The molecule has 5 nitrogen and oxygen atoms in total. The lowest BCUT2D eigenvalue weighted by atomic mass is 10.0. The van der Waals surface area contributed by atoms with Crippen LogP contribution in [0.3, 0.4) is 0 Å². The number of benzene rings is 1. The van der Waals surface area contributed by atoms with Crippen LogP contribution in [0, 0.1) is 5.82 Å². The first kappa shape index (κ1) is 16.3. The van der Waals surface area contributed by atoms with Crippen molar-refractivity contribution in [2.45, 2.75) is 37.8 Å². The molecule has 0 saturated carbocycles. The molecule has 2 saturated heterocycles. The van der Waals surface area contributed by atoms with E-state index in [1.165, 1.54) is 18.6 Å². The highest BCUT2D eigenvalue weighted by molar-refractivity contribution is 5.92. The highest BCUT2D eigenvalue weighted by atomic mass is 19.1. The minimum atomic E-state index is -0.336. The topological polar surface area (TPSA) is 49.6 Å². The van der Waals surface area contributed by atoms with Gasteiger partial charge in [0.25, 0.3) is 5.91 Å². The van der Waals surface area contributed by atoms with Crippen LogP contribution in [-0.4, -0.2) is 53.1 Å². The number of hydrogen-bond donors (Lipinski definition) is 0. The minimum Gasteiger partial charge on any atom is -0.350 e. The van der Waals surface area contributed by atoms with Crippen LogP contribution >= 0.6 is 0 Å². The van der Waals surface area contributed by atoms with Gasteiger partial charge >= 0.3 is 0 Å². The zero-order chi connectivity index (χ0) is 17.4. The van der Waals surface area contributed by atoms with Crippen LogP contribution in [0.2, 0.25) is 0 Å². The molecule has 0 unspecified atom stereocenters. The molecule has 0 N–H and O–H groups in total. The molecule has 2 atom stereocenters. The Hall–Kier alpha value is -2.21. The number of carbonyl (C=O) groups excluding carboxylic acids is 1. The summed E-state index contributed by atoms with van der Waals surface area (Å²) in [6.45, 7) is 1.85. The van der Waals surface area contributed by atoms with Crippen molar-refractivity contribution in [2.75, 3.05) is 20.1 Å². The minimum absolute atomic E-state index is 0.113. The molecule has 0 radical (unpaired) electrons. The van der Waals surface area contributed by atoms with E-state index in [1.807, 2.05) is 4.90 Å². The Balaban J connectivity index is 1.54. The van der Waals surface area contributed by atoms with Gasteiger partial charge in [-0.05, 0) is 51.4 Å². The summed E-state index contributed by atoms with van der Waals surface area (Å²) in [5, 5.41) is 3.96. The van der Waals surface area contributed by atoms with Crippen LogP contribution in [0.4, 0.5) is 4.39 Å². The standard InChI is InChI=1S/C19H22FN3O2/c1-22-9-3-7-16(22)17-8-4-10-23(17)19(24)18-12-15(21-25-18)13-5-2-6-14(20)11-13/h2,5-6,11-12,16-17H,3-4,7-10H2,1H3/t16-,17+/m0/s1. The van der Waals surface area contributed by atoms with Crippen LogP contribution in [0.5, 0.6) is 0 Å². The van der Waals surface area contributed by atoms with Gasteiger partial charge < -0.3 is 14.3 Å². The molecule has 1 amide bonds. The Morgan fingerprint density at radius 2 is 2.00 bits per heavy atom. The number of likely N-dealkylation sites (N-methyl/N-ethyl adjacent to an activating group) is 1.